The Morgan fingerprint density at radius 2 is 2.10 bits per heavy atom. The molecule has 0 spiro atoms. The lowest BCUT2D eigenvalue weighted by molar-refractivity contribution is -0.387. The van der Waals surface area contributed by atoms with Gasteiger partial charge in [0.05, 0.1) is 16.6 Å². The zero-order chi connectivity index (χ0) is 14.9. The molecule has 2 aromatic rings. The Labute approximate surface area is 111 Å². The maximum atomic E-state index is 13.6. The number of hydrogen-bond acceptors (Lipinski definition) is 4. The Hall–Kier alpha value is -2.84. The number of carbonyl (C=O) groups excluding carboxylic acids is 1. The molecule has 9 heteroatoms. The summed E-state index contributed by atoms with van der Waals surface area (Å²) >= 11 is 0. The van der Waals surface area contributed by atoms with Crippen LogP contribution in [0.2, 0.25) is 0 Å². The standard InChI is InChI=1S/C11H8F2N4O3/c1-16-3-2-10(15-16)14-11(18)6-4-8(13)9(17(19)20)5-7(6)12/h2-5H,1H3,(H,14,15,18). The summed E-state index contributed by atoms with van der Waals surface area (Å²) in [5.74, 6) is -3.28. The van der Waals surface area contributed by atoms with Crippen LogP contribution in [-0.4, -0.2) is 20.6 Å². The van der Waals surface area contributed by atoms with Gasteiger partial charge in [-0.1, -0.05) is 0 Å². The highest BCUT2D eigenvalue weighted by atomic mass is 19.1. The van der Waals surface area contributed by atoms with E-state index in [1.165, 1.54) is 10.7 Å². The molecule has 1 heterocycles. The summed E-state index contributed by atoms with van der Waals surface area (Å²) in [6, 6.07) is 2.30. The molecule has 0 saturated heterocycles. The number of halogens is 2. The van der Waals surface area contributed by atoms with E-state index in [1.54, 1.807) is 13.2 Å². The van der Waals surface area contributed by atoms with Crippen LogP contribution in [0.3, 0.4) is 0 Å². The summed E-state index contributed by atoms with van der Waals surface area (Å²) in [5.41, 5.74) is -1.67. The van der Waals surface area contributed by atoms with Crippen LogP contribution < -0.4 is 5.32 Å². The quantitative estimate of drug-likeness (QED) is 0.687. The summed E-state index contributed by atoms with van der Waals surface area (Å²) < 4.78 is 28.4. The zero-order valence-electron chi connectivity index (χ0n) is 10.1. The first-order chi connectivity index (χ1) is 9.38. The Bertz CT molecular complexity index is 699. The van der Waals surface area contributed by atoms with E-state index in [1.807, 2.05) is 0 Å². The minimum Gasteiger partial charge on any atom is -0.305 e. The first-order valence-corrected chi connectivity index (χ1v) is 5.33. The van der Waals surface area contributed by atoms with E-state index in [0.29, 0.717) is 12.1 Å². The summed E-state index contributed by atoms with van der Waals surface area (Å²) in [6.07, 6.45) is 1.54. The molecule has 1 aromatic heterocycles. The second-order valence-electron chi connectivity index (χ2n) is 3.87. The van der Waals surface area contributed by atoms with E-state index in [2.05, 4.69) is 10.4 Å². The second-order valence-corrected chi connectivity index (χ2v) is 3.87. The molecular formula is C11H8F2N4O3. The molecule has 0 atom stereocenters. The van der Waals surface area contributed by atoms with Gasteiger partial charge in [-0.3, -0.25) is 19.6 Å². The molecule has 20 heavy (non-hydrogen) atoms. The molecule has 7 nitrogen and oxygen atoms in total. The van der Waals surface area contributed by atoms with Gasteiger partial charge in [-0.25, -0.2) is 4.39 Å². The van der Waals surface area contributed by atoms with Gasteiger partial charge in [0.15, 0.2) is 5.82 Å². The van der Waals surface area contributed by atoms with E-state index in [9.17, 15) is 23.7 Å². The third-order valence-corrected chi connectivity index (χ3v) is 2.43. The lowest BCUT2D eigenvalue weighted by Crippen LogP contribution is -2.15. The van der Waals surface area contributed by atoms with Gasteiger partial charge >= 0.3 is 5.69 Å². The SMILES string of the molecule is Cn1ccc(NC(=O)c2cc(F)c([N+](=O)[O-])cc2F)n1. The largest absolute Gasteiger partial charge is 0.307 e. The summed E-state index contributed by atoms with van der Waals surface area (Å²) in [4.78, 5) is 21.1. The first-order valence-electron chi connectivity index (χ1n) is 5.33. The van der Waals surface area contributed by atoms with Gasteiger partial charge in [0, 0.05) is 19.3 Å². The van der Waals surface area contributed by atoms with E-state index in [-0.39, 0.29) is 5.82 Å². The van der Waals surface area contributed by atoms with Crippen molar-refractivity contribution in [3.05, 3.63) is 51.7 Å². The number of nitrogens with zero attached hydrogens (tertiary/aromatic N) is 3. The number of nitro groups is 1. The van der Waals surface area contributed by atoms with Crippen LogP contribution in [0.25, 0.3) is 0 Å². The van der Waals surface area contributed by atoms with Gasteiger partial charge in [-0.15, -0.1) is 0 Å². The normalized spacial score (nSPS) is 10.3. The highest BCUT2D eigenvalue weighted by molar-refractivity contribution is 6.04. The minimum atomic E-state index is -1.29. The number of carbonyl (C=O) groups is 1. The van der Waals surface area contributed by atoms with Crippen LogP contribution in [0, 0.1) is 21.7 Å². The number of hydrogen-bond donors (Lipinski definition) is 1. The van der Waals surface area contributed by atoms with Crippen molar-refractivity contribution in [1.29, 1.82) is 0 Å². The average Bonchev–Trinajstić information content (AvgIpc) is 2.76. The van der Waals surface area contributed by atoms with Crippen molar-refractivity contribution in [1.82, 2.24) is 9.78 Å². The molecule has 0 unspecified atom stereocenters. The molecule has 0 radical (unpaired) electrons. The highest BCUT2D eigenvalue weighted by Crippen LogP contribution is 2.22. The van der Waals surface area contributed by atoms with Gasteiger partial charge in [0.2, 0.25) is 5.82 Å². The molecule has 0 aliphatic carbocycles. The summed E-state index contributed by atoms with van der Waals surface area (Å²) in [6.45, 7) is 0. The number of nitrogens with one attached hydrogen (secondary N) is 1. The predicted octanol–water partition coefficient (Wildman–Crippen LogP) is 1.86. The lowest BCUT2D eigenvalue weighted by Gasteiger charge is -2.04. The number of anilines is 1. The van der Waals surface area contributed by atoms with Crippen molar-refractivity contribution in [2.24, 2.45) is 7.05 Å². The average molecular weight is 282 g/mol. The minimum absolute atomic E-state index is 0.149. The molecule has 2 rings (SSSR count). The fraction of sp³-hybridized carbons (Fsp3) is 0.0909. The van der Waals surface area contributed by atoms with E-state index < -0.39 is 33.7 Å². The Morgan fingerprint density at radius 1 is 1.40 bits per heavy atom. The number of aryl methyl sites for hydroxylation is 1. The maximum absolute atomic E-state index is 13.6. The fourth-order valence-corrected chi connectivity index (χ4v) is 1.52. The number of benzene rings is 1. The van der Waals surface area contributed by atoms with Gasteiger partial charge in [-0.05, 0) is 6.07 Å². The fourth-order valence-electron chi connectivity index (χ4n) is 1.52. The third-order valence-electron chi connectivity index (χ3n) is 2.43. The molecule has 1 aromatic carbocycles. The van der Waals surface area contributed by atoms with Crippen molar-refractivity contribution < 1.29 is 18.5 Å². The lowest BCUT2D eigenvalue weighted by atomic mass is 10.1. The third kappa shape index (κ3) is 2.60. The van der Waals surface area contributed by atoms with Crippen molar-refractivity contribution in [3.8, 4) is 0 Å². The number of rotatable bonds is 3. The van der Waals surface area contributed by atoms with Crippen LogP contribution in [0.1, 0.15) is 10.4 Å². The molecule has 0 fully saturated rings. The summed E-state index contributed by atoms with van der Waals surface area (Å²) in [5, 5.41) is 16.5. The first kappa shape index (κ1) is 13.6. The zero-order valence-corrected chi connectivity index (χ0v) is 10.1. The molecule has 0 aliphatic heterocycles. The highest BCUT2D eigenvalue weighted by Gasteiger charge is 2.22. The van der Waals surface area contributed by atoms with Gasteiger partial charge in [0.1, 0.15) is 5.82 Å². The number of amides is 1. The number of nitro benzene ring substituents is 1. The van der Waals surface area contributed by atoms with Gasteiger partial charge < -0.3 is 5.32 Å². The molecule has 1 N–H and O–H groups in total. The van der Waals surface area contributed by atoms with E-state index in [4.69, 9.17) is 0 Å². The molecule has 104 valence electrons. The topological polar surface area (TPSA) is 90.1 Å². The van der Waals surface area contributed by atoms with Crippen LogP contribution in [0.15, 0.2) is 24.4 Å². The molecular weight excluding hydrogens is 274 g/mol. The van der Waals surface area contributed by atoms with Crippen LogP contribution in [0.4, 0.5) is 20.3 Å². The van der Waals surface area contributed by atoms with Crippen molar-refractivity contribution in [2.45, 2.75) is 0 Å². The number of aromatic nitrogens is 2. The molecule has 1 amide bonds. The Balaban J connectivity index is 2.30. The molecule has 0 aliphatic rings. The monoisotopic (exact) mass is 282 g/mol. The van der Waals surface area contributed by atoms with Gasteiger partial charge in [-0.2, -0.15) is 9.49 Å². The molecule has 0 bridgehead atoms. The Kier molecular flexibility index (Phi) is 3.42. The second kappa shape index (κ2) is 5.03. The maximum Gasteiger partial charge on any atom is 0.307 e. The van der Waals surface area contributed by atoms with Crippen molar-refractivity contribution >= 4 is 17.4 Å². The van der Waals surface area contributed by atoms with Crippen LogP contribution in [-0.2, 0) is 7.05 Å². The van der Waals surface area contributed by atoms with Crippen LogP contribution in [0.5, 0.6) is 0 Å². The van der Waals surface area contributed by atoms with Crippen molar-refractivity contribution in [3.63, 3.8) is 0 Å². The van der Waals surface area contributed by atoms with Crippen LogP contribution >= 0.6 is 0 Å². The van der Waals surface area contributed by atoms with Gasteiger partial charge in [0.25, 0.3) is 5.91 Å². The van der Waals surface area contributed by atoms with E-state index in [0.717, 1.165) is 0 Å². The van der Waals surface area contributed by atoms with Crippen molar-refractivity contribution in [2.75, 3.05) is 5.32 Å². The smallest absolute Gasteiger partial charge is 0.305 e. The van der Waals surface area contributed by atoms with E-state index >= 15 is 0 Å². The Morgan fingerprint density at radius 3 is 2.65 bits per heavy atom. The summed E-state index contributed by atoms with van der Waals surface area (Å²) in [7, 11) is 1.61. The molecule has 0 saturated carbocycles. The predicted molar refractivity (Wildman–Crippen MR) is 64.2 cm³/mol.